The predicted molar refractivity (Wildman–Crippen MR) is 67.2 cm³/mol. The average Bonchev–Trinajstić information content (AvgIpc) is 2.27. The zero-order chi connectivity index (χ0) is 13.9. The second-order valence-corrected chi connectivity index (χ2v) is 3.84. The van der Waals surface area contributed by atoms with Crippen LogP contribution in [0, 0.1) is 6.92 Å². The van der Waals surface area contributed by atoms with E-state index in [-0.39, 0.29) is 18.0 Å². The summed E-state index contributed by atoms with van der Waals surface area (Å²) in [5, 5.41) is 10.7. The number of hydrogen-bond donors (Lipinski definition) is 3. The molecular weight excluding hydrogens is 285 g/mol. The SMILES string of the molecule is Cc1ccc(N)cc1C(=O)NCC(O)C(F)(F)F.Cl. The number of anilines is 1. The second kappa shape index (κ2) is 6.63. The van der Waals surface area contributed by atoms with Gasteiger partial charge in [0.2, 0.25) is 0 Å². The number of nitrogen functional groups attached to an aromatic ring is 1. The maximum atomic E-state index is 12.0. The van der Waals surface area contributed by atoms with Gasteiger partial charge in [-0.3, -0.25) is 4.79 Å². The lowest BCUT2D eigenvalue weighted by Crippen LogP contribution is -2.40. The van der Waals surface area contributed by atoms with Crippen molar-refractivity contribution in [1.29, 1.82) is 0 Å². The number of benzene rings is 1. The Morgan fingerprint density at radius 2 is 2.05 bits per heavy atom. The van der Waals surface area contributed by atoms with E-state index in [0.29, 0.717) is 11.3 Å². The van der Waals surface area contributed by atoms with E-state index in [2.05, 4.69) is 0 Å². The monoisotopic (exact) mass is 298 g/mol. The fourth-order valence-electron chi connectivity index (χ4n) is 1.28. The molecule has 4 N–H and O–H groups in total. The molecule has 0 saturated carbocycles. The lowest BCUT2D eigenvalue weighted by atomic mass is 10.1. The van der Waals surface area contributed by atoms with E-state index in [1.165, 1.54) is 6.07 Å². The number of alkyl halides is 3. The number of halogens is 4. The van der Waals surface area contributed by atoms with Gasteiger partial charge in [0.1, 0.15) is 0 Å². The van der Waals surface area contributed by atoms with E-state index in [9.17, 15) is 18.0 Å². The second-order valence-electron chi connectivity index (χ2n) is 3.84. The number of amides is 1. The quantitative estimate of drug-likeness (QED) is 0.743. The normalized spacial score (nSPS) is 12.5. The molecular formula is C11H14ClF3N2O2. The van der Waals surface area contributed by atoms with Crippen molar-refractivity contribution in [3.63, 3.8) is 0 Å². The van der Waals surface area contributed by atoms with Gasteiger partial charge in [-0.2, -0.15) is 13.2 Å². The largest absolute Gasteiger partial charge is 0.416 e. The number of hydrogen-bond acceptors (Lipinski definition) is 3. The number of carbonyl (C=O) groups excluding carboxylic acids is 1. The Morgan fingerprint density at radius 3 is 2.58 bits per heavy atom. The lowest BCUT2D eigenvalue weighted by molar-refractivity contribution is -0.201. The predicted octanol–water partition coefficient (Wildman–Crippen LogP) is 1.65. The van der Waals surface area contributed by atoms with Crippen molar-refractivity contribution in [1.82, 2.24) is 5.32 Å². The van der Waals surface area contributed by atoms with E-state index in [1.807, 2.05) is 5.32 Å². The molecule has 8 heteroatoms. The Bertz CT molecular complexity index is 452. The molecule has 1 atom stereocenters. The van der Waals surface area contributed by atoms with Gasteiger partial charge in [-0.05, 0) is 24.6 Å². The summed E-state index contributed by atoms with van der Waals surface area (Å²) in [4.78, 5) is 11.6. The summed E-state index contributed by atoms with van der Waals surface area (Å²) in [7, 11) is 0. The highest BCUT2D eigenvalue weighted by Gasteiger charge is 2.38. The topological polar surface area (TPSA) is 75.4 Å². The Labute approximate surface area is 114 Å². The van der Waals surface area contributed by atoms with Crippen LogP contribution in [0.1, 0.15) is 15.9 Å². The van der Waals surface area contributed by atoms with Crippen molar-refractivity contribution in [2.24, 2.45) is 0 Å². The summed E-state index contributed by atoms with van der Waals surface area (Å²) in [6, 6.07) is 4.53. The van der Waals surface area contributed by atoms with Crippen LogP contribution in [0.4, 0.5) is 18.9 Å². The number of aliphatic hydroxyl groups is 1. The number of nitrogens with two attached hydrogens (primary N) is 1. The summed E-state index contributed by atoms with van der Waals surface area (Å²) in [5.74, 6) is -0.705. The number of aryl methyl sites for hydroxylation is 1. The van der Waals surface area contributed by atoms with Crippen molar-refractivity contribution in [3.05, 3.63) is 29.3 Å². The van der Waals surface area contributed by atoms with Crippen LogP contribution in [0.25, 0.3) is 0 Å². The molecule has 1 aromatic rings. The van der Waals surface area contributed by atoms with Gasteiger partial charge in [0.15, 0.2) is 6.10 Å². The minimum Gasteiger partial charge on any atom is -0.399 e. The first-order valence-corrected chi connectivity index (χ1v) is 5.11. The summed E-state index contributed by atoms with van der Waals surface area (Å²) in [5.41, 5.74) is 6.59. The summed E-state index contributed by atoms with van der Waals surface area (Å²) in [6.45, 7) is 0.741. The Hall–Kier alpha value is -1.47. The van der Waals surface area contributed by atoms with Gasteiger partial charge in [-0.15, -0.1) is 12.4 Å². The third kappa shape index (κ3) is 4.96. The molecule has 1 unspecified atom stereocenters. The van der Waals surface area contributed by atoms with Gasteiger partial charge < -0.3 is 16.2 Å². The summed E-state index contributed by atoms with van der Waals surface area (Å²) >= 11 is 0. The van der Waals surface area contributed by atoms with Crippen LogP contribution in [0.15, 0.2) is 18.2 Å². The van der Waals surface area contributed by atoms with Crippen LogP contribution in [-0.2, 0) is 0 Å². The molecule has 4 nitrogen and oxygen atoms in total. The molecule has 0 aliphatic rings. The van der Waals surface area contributed by atoms with E-state index in [4.69, 9.17) is 10.8 Å². The molecule has 0 bridgehead atoms. The first kappa shape index (κ1) is 17.5. The Kier molecular flexibility index (Phi) is 6.11. The van der Waals surface area contributed by atoms with E-state index in [1.54, 1.807) is 19.1 Å². The number of carbonyl (C=O) groups is 1. The van der Waals surface area contributed by atoms with Crippen molar-refractivity contribution < 1.29 is 23.1 Å². The highest BCUT2D eigenvalue weighted by molar-refractivity contribution is 5.96. The molecule has 0 aromatic heterocycles. The van der Waals surface area contributed by atoms with Crippen LogP contribution in [-0.4, -0.2) is 29.8 Å². The minimum absolute atomic E-state index is 0. The third-order valence-corrected chi connectivity index (χ3v) is 2.34. The molecule has 1 rings (SSSR count). The highest BCUT2D eigenvalue weighted by Crippen LogP contribution is 2.19. The fourth-order valence-corrected chi connectivity index (χ4v) is 1.28. The van der Waals surface area contributed by atoms with Crippen LogP contribution in [0.5, 0.6) is 0 Å². The van der Waals surface area contributed by atoms with E-state index < -0.39 is 24.7 Å². The van der Waals surface area contributed by atoms with Gasteiger partial charge in [-0.25, -0.2) is 0 Å². The van der Waals surface area contributed by atoms with E-state index in [0.717, 1.165) is 0 Å². The Balaban J connectivity index is 0.00000324. The molecule has 19 heavy (non-hydrogen) atoms. The van der Waals surface area contributed by atoms with Gasteiger partial charge in [0, 0.05) is 11.3 Å². The fraction of sp³-hybridized carbons (Fsp3) is 0.364. The maximum Gasteiger partial charge on any atom is 0.416 e. The minimum atomic E-state index is -4.75. The van der Waals surface area contributed by atoms with Crippen molar-refractivity contribution in [2.45, 2.75) is 19.2 Å². The third-order valence-electron chi connectivity index (χ3n) is 2.34. The van der Waals surface area contributed by atoms with Crippen molar-refractivity contribution in [3.8, 4) is 0 Å². The molecule has 0 aliphatic carbocycles. The molecule has 0 spiro atoms. The summed E-state index contributed by atoms with van der Waals surface area (Å²) < 4.78 is 36.1. The zero-order valence-corrected chi connectivity index (χ0v) is 10.8. The van der Waals surface area contributed by atoms with Crippen LogP contribution >= 0.6 is 12.4 Å². The standard InChI is InChI=1S/C11H13F3N2O2.ClH/c1-6-2-3-7(15)4-8(6)10(18)16-5-9(17)11(12,13)14;/h2-4,9,17H,5,15H2,1H3,(H,16,18);1H. The highest BCUT2D eigenvalue weighted by atomic mass is 35.5. The molecule has 0 saturated heterocycles. The number of nitrogens with one attached hydrogen (secondary N) is 1. The van der Waals surface area contributed by atoms with Crippen LogP contribution < -0.4 is 11.1 Å². The molecule has 1 aromatic carbocycles. The lowest BCUT2D eigenvalue weighted by Gasteiger charge is -2.15. The first-order valence-electron chi connectivity index (χ1n) is 5.11. The molecule has 0 heterocycles. The van der Waals surface area contributed by atoms with E-state index >= 15 is 0 Å². The molecule has 0 fully saturated rings. The Morgan fingerprint density at radius 1 is 1.47 bits per heavy atom. The molecule has 0 radical (unpaired) electrons. The number of aliphatic hydroxyl groups excluding tert-OH is 1. The number of rotatable bonds is 3. The van der Waals surface area contributed by atoms with Crippen LogP contribution in [0.2, 0.25) is 0 Å². The van der Waals surface area contributed by atoms with Gasteiger partial charge in [-0.1, -0.05) is 6.07 Å². The average molecular weight is 299 g/mol. The van der Waals surface area contributed by atoms with Crippen molar-refractivity contribution in [2.75, 3.05) is 12.3 Å². The van der Waals surface area contributed by atoms with Crippen LogP contribution in [0.3, 0.4) is 0 Å². The zero-order valence-electron chi connectivity index (χ0n) is 9.99. The maximum absolute atomic E-state index is 12.0. The molecule has 108 valence electrons. The smallest absolute Gasteiger partial charge is 0.399 e. The molecule has 1 amide bonds. The van der Waals surface area contributed by atoms with Gasteiger partial charge in [0.25, 0.3) is 5.91 Å². The van der Waals surface area contributed by atoms with Crippen molar-refractivity contribution >= 4 is 24.0 Å². The molecule has 0 aliphatic heterocycles. The van der Waals surface area contributed by atoms with Gasteiger partial charge in [0.05, 0.1) is 6.54 Å². The van der Waals surface area contributed by atoms with Gasteiger partial charge >= 0.3 is 6.18 Å². The first-order chi connectivity index (χ1) is 8.21. The summed E-state index contributed by atoms with van der Waals surface area (Å²) in [6.07, 6.45) is -7.33.